The molecule has 276 valence electrons. The molecule has 4 aromatic heterocycles. The average molecular weight is 765 g/mol. The smallest absolute Gasteiger partial charge is 0.325 e. The Labute approximate surface area is 316 Å². The van der Waals surface area contributed by atoms with Crippen molar-refractivity contribution < 1.29 is 23.9 Å². The maximum atomic E-state index is 14.2. The van der Waals surface area contributed by atoms with Gasteiger partial charge in [0.2, 0.25) is 5.91 Å². The number of thiophene rings is 1. The largest absolute Gasteiger partial charge is 0.464 e. The second-order valence-electron chi connectivity index (χ2n) is 15.7. The Kier molecular flexibility index (Phi) is 9.25. The van der Waals surface area contributed by atoms with E-state index in [9.17, 15) is 14.4 Å². The van der Waals surface area contributed by atoms with Crippen molar-refractivity contribution in [3.05, 3.63) is 45.0 Å². The molecule has 3 fully saturated rings. The summed E-state index contributed by atoms with van der Waals surface area (Å²) in [6.45, 7) is 11.7. The summed E-state index contributed by atoms with van der Waals surface area (Å²) < 4.78 is 14.2. The van der Waals surface area contributed by atoms with Crippen molar-refractivity contribution in [3.63, 3.8) is 0 Å². The summed E-state index contributed by atoms with van der Waals surface area (Å²) >= 11 is 10.5. The summed E-state index contributed by atoms with van der Waals surface area (Å²) in [6, 6.07) is 2.56. The molecule has 6 bridgehead atoms. The van der Waals surface area contributed by atoms with Gasteiger partial charge >= 0.3 is 5.97 Å². The Bertz CT molecular complexity index is 2070. The van der Waals surface area contributed by atoms with Crippen LogP contribution in [0.5, 0.6) is 0 Å². The van der Waals surface area contributed by atoms with Crippen LogP contribution in [-0.2, 0) is 43.2 Å². The number of aromatic nitrogens is 3. The standard InChI is InChI=1S/C38H45ClN6O5S2/c1-7-44-32(21-9-8-10-40-30(21)19(3)49-6)24-14-38(4,5)17-50-37(48)31-23-12-20(23)15-45(43-31)35(47)25(42-34(46)22-11-18(22)2)13-27-41-26(16-51-27)33-29(39)28(24)36(44)52-33/h8-10,16,18-20,22-23,25,31,43H,7,11-15,17H2,1-6H3,(H,42,46)/t18-,19-,20-,22-,23-,25?,31-/m0/s1. The summed E-state index contributed by atoms with van der Waals surface area (Å²) in [5.74, 6) is -0.249. The van der Waals surface area contributed by atoms with Gasteiger partial charge in [-0.1, -0.05) is 32.4 Å². The van der Waals surface area contributed by atoms with Crippen LogP contribution in [0.1, 0.15) is 69.8 Å². The van der Waals surface area contributed by atoms with Gasteiger partial charge in [-0.15, -0.1) is 22.7 Å². The monoisotopic (exact) mass is 764 g/mol. The number of cyclic esters (lactones) is 1. The third kappa shape index (κ3) is 6.36. The highest BCUT2D eigenvalue weighted by Gasteiger charge is 2.53. The molecule has 7 atom stereocenters. The summed E-state index contributed by atoms with van der Waals surface area (Å²) in [5, 5.41) is 8.87. The molecule has 8 rings (SSSR count). The number of carbonyl (C=O) groups is 3. The maximum absolute atomic E-state index is 14.2. The highest BCUT2D eigenvalue weighted by atomic mass is 35.5. The number of nitrogens with one attached hydrogen (secondary N) is 2. The molecule has 6 heterocycles. The third-order valence-electron chi connectivity index (χ3n) is 11.2. The Hall–Kier alpha value is -3.36. The fourth-order valence-electron chi connectivity index (χ4n) is 7.98. The number of amides is 2. The maximum Gasteiger partial charge on any atom is 0.325 e. The minimum absolute atomic E-state index is 0.0951. The van der Waals surface area contributed by atoms with Crippen molar-refractivity contribution in [1.82, 2.24) is 30.3 Å². The Morgan fingerprint density at radius 1 is 1.29 bits per heavy atom. The topological polar surface area (TPSA) is 128 Å². The minimum atomic E-state index is -0.837. The number of hydrogen-bond donors (Lipinski definition) is 2. The highest BCUT2D eigenvalue weighted by molar-refractivity contribution is 7.23. The lowest BCUT2D eigenvalue weighted by Gasteiger charge is -2.35. The lowest BCUT2D eigenvalue weighted by atomic mass is 9.84. The van der Waals surface area contributed by atoms with Gasteiger partial charge in [0.25, 0.3) is 5.91 Å². The first-order valence-electron chi connectivity index (χ1n) is 18.2. The van der Waals surface area contributed by atoms with Gasteiger partial charge in [0, 0.05) is 60.5 Å². The molecule has 1 saturated heterocycles. The van der Waals surface area contributed by atoms with Crippen LogP contribution in [0.4, 0.5) is 0 Å². The van der Waals surface area contributed by atoms with Gasteiger partial charge in [-0.3, -0.25) is 24.4 Å². The summed E-state index contributed by atoms with van der Waals surface area (Å²) in [5.41, 5.74) is 7.39. The van der Waals surface area contributed by atoms with E-state index < -0.39 is 17.5 Å². The first-order chi connectivity index (χ1) is 24.9. The molecular weight excluding hydrogens is 720 g/mol. The lowest BCUT2D eigenvalue weighted by Crippen LogP contribution is -2.61. The number of hydrogen-bond acceptors (Lipinski definition) is 10. The van der Waals surface area contributed by atoms with Gasteiger partial charge in [0.05, 0.1) is 44.7 Å². The number of aryl methyl sites for hydroxylation is 1. The summed E-state index contributed by atoms with van der Waals surface area (Å²) in [6.07, 6.45) is 4.00. The molecule has 1 unspecified atom stereocenters. The number of thiazole rings is 1. The van der Waals surface area contributed by atoms with Crippen molar-refractivity contribution >= 4 is 62.3 Å². The molecule has 4 aliphatic rings. The second-order valence-corrected chi connectivity index (χ2v) is 18.0. The molecule has 2 amide bonds. The van der Waals surface area contributed by atoms with Crippen LogP contribution in [0.25, 0.3) is 32.0 Å². The van der Waals surface area contributed by atoms with Crippen LogP contribution in [0.3, 0.4) is 0 Å². The predicted molar refractivity (Wildman–Crippen MR) is 202 cm³/mol. The van der Waals surface area contributed by atoms with E-state index >= 15 is 0 Å². The van der Waals surface area contributed by atoms with Gasteiger partial charge in [-0.25, -0.2) is 10.4 Å². The number of rotatable bonds is 6. The molecule has 2 saturated carbocycles. The number of ether oxygens (including phenoxy) is 2. The zero-order chi connectivity index (χ0) is 36.6. The quantitative estimate of drug-likeness (QED) is 0.215. The molecule has 4 aromatic rings. The lowest BCUT2D eigenvalue weighted by molar-refractivity contribution is -0.156. The zero-order valence-corrected chi connectivity index (χ0v) is 32.7. The molecule has 14 heteroatoms. The Morgan fingerprint density at radius 2 is 2.08 bits per heavy atom. The number of methoxy groups -OCH3 is 1. The fourth-order valence-corrected chi connectivity index (χ4v) is 10.6. The highest BCUT2D eigenvalue weighted by Crippen LogP contribution is 2.50. The number of fused-ring (bicyclic) bond motifs is 8. The predicted octanol–water partition coefficient (Wildman–Crippen LogP) is 6.43. The van der Waals surface area contributed by atoms with E-state index in [2.05, 4.69) is 42.1 Å². The van der Waals surface area contributed by atoms with E-state index in [4.69, 9.17) is 31.0 Å². The van der Waals surface area contributed by atoms with E-state index in [1.165, 1.54) is 16.3 Å². The van der Waals surface area contributed by atoms with E-state index in [0.29, 0.717) is 30.5 Å². The molecule has 52 heavy (non-hydrogen) atoms. The number of pyridine rings is 1. The number of esters is 1. The second kappa shape index (κ2) is 13.5. The number of hydrazine groups is 1. The normalized spacial score (nSPS) is 27.5. The van der Waals surface area contributed by atoms with Crippen LogP contribution >= 0.6 is 34.3 Å². The van der Waals surface area contributed by atoms with Crippen LogP contribution in [0, 0.1) is 29.1 Å². The molecule has 0 aromatic carbocycles. The number of carbonyl (C=O) groups excluding carboxylic acids is 3. The molecular formula is C38H45ClN6O5S2. The Balaban J connectivity index is 1.26. The van der Waals surface area contributed by atoms with Gasteiger partial charge in [-0.05, 0) is 68.6 Å². The summed E-state index contributed by atoms with van der Waals surface area (Å²) in [7, 11) is 1.69. The Morgan fingerprint density at radius 3 is 2.81 bits per heavy atom. The van der Waals surface area contributed by atoms with Gasteiger partial charge in [0.1, 0.15) is 16.9 Å². The van der Waals surface area contributed by atoms with E-state index in [-0.39, 0.29) is 54.7 Å². The first-order valence-corrected chi connectivity index (χ1v) is 20.3. The average Bonchev–Trinajstić information content (AvgIpc) is 3.95. The van der Waals surface area contributed by atoms with Crippen LogP contribution < -0.4 is 10.7 Å². The van der Waals surface area contributed by atoms with Crippen LogP contribution in [0.15, 0.2) is 23.7 Å². The molecule has 2 aliphatic carbocycles. The summed E-state index contributed by atoms with van der Waals surface area (Å²) in [4.78, 5) is 52.9. The van der Waals surface area contributed by atoms with Gasteiger partial charge in [0.15, 0.2) is 0 Å². The van der Waals surface area contributed by atoms with E-state index in [1.54, 1.807) is 24.6 Å². The zero-order valence-electron chi connectivity index (χ0n) is 30.3. The molecule has 0 spiro atoms. The molecule has 0 radical (unpaired) electrons. The number of nitrogens with zero attached hydrogens (tertiary/aromatic N) is 4. The number of halogens is 1. The van der Waals surface area contributed by atoms with Gasteiger partial charge < -0.3 is 19.4 Å². The SMILES string of the molecule is CCn1c(-c2cccnc2[C@H](C)OC)c2c3c(Cl)c(sc31)-c1csc(n1)CC(NC(=O)[C@H]1C[C@@H]1C)C(=O)N1C[C@@H]3C[C@@H]3[C@H](N1)C(=O)OCC(C)(C)C2. The van der Waals surface area contributed by atoms with Crippen LogP contribution in [0.2, 0.25) is 5.02 Å². The third-order valence-corrected chi connectivity index (χ3v) is 13.8. The minimum Gasteiger partial charge on any atom is -0.464 e. The molecule has 2 N–H and O–H groups in total. The van der Waals surface area contributed by atoms with Crippen molar-refractivity contribution in [2.75, 3.05) is 20.3 Å². The molecule has 2 aliphatic heterocycles. The van der Waals surface area contributed by atoms with Gasteiger partial charge in [-0.2, -0.15) is 0 Å². The fraction of sp³-hybridized carbons (Fsp3) is 0.553. The molecule has 11 nitrogen and oxygen atoms in total. The van der Waals surface area contributed by atoms with Crippen molar-refractivity contribution in [1.29, 1.82) is 0 Å². The van der Waals surface area contributed by atoms with E-state index in [0.717, 1.165) is 61.2 Å². The van der Waals surface area contributed by atoms with E-state index in [1.807, 2.05) is 25.3 Å². The van der Waals surface area contributed by atoms with Crippen molar-refractivity contribution in [2.24, 2.45) is 29.1 Å². The van der Waals surface area contributed by atoms with Crippen molar-refractivity contribution in [3.8, 4) is 21.8 Å². The van der Waals surface area contributed by atoms with Crippen LogP contribution in [-0.4, -0.2) is 69.7 Å². The first kappa shape index (κ1) is 35.7. The van der Waals surface area contributed by atoms with Crippen molar-refractivity contribution in [2.45, 2.75) is 85.0 Å².